The van der Waals surface area contributed by atoms with Crippen molar-refractivity contribution < 1.29 is 8.78 Å². The number of pyridine rings is 2. The molecular weight excluding hydrogens is 598 g/mol. The molecule has 226 valence electrons. The predicted molar refractivity (Wildman–Crippen MR) is 191 cm³/mol. The molecule has 0 aliphatic carbocycles. The van der Waals surface area contributed by atoms with E-state index in [2.05, 4.69) is 69.6 Å². The number of imidazole rings is 1. The van der Waals surface area contributed by atoms with E-state index in [0.717, 1.165) is 65.7 Å². The van der Waals surface area contributed by atoms with Crippen LogP contribution in [0.2, 0.25) is 0 Å². The zero-order valence-corrected chi connectivity index (χ0v) is 25.4. The summed E-state index contributed by atoms with van der Waals surface area (Å²) in [5.41, 5.74) is 8.58. The minimum Gasteiger partial charge on any atom is -0.293 e. The summed E-state index contributed by atoms with van der Waals surface area (Å²) in [6.07, 6.45) is 0. The number of para-hydroxylation sites is 3. The third-order valence-electron chi connectivity index (χ3n) is 9.37. The maximum atomic E-state index is 14.6. The Morgan fingerprint density at radius 3 is 1.96 bits per heavy atom. The molecule has 0 fully saturated rings. The molecule has 0 amide bonds. The smallest absolute Gasteiger partial charge is 0.146 e. The van der Waals surface area contributed by atoms with Crippen LogP contribution in [0, 0.1) is 11.6 Å². The molecule has 10 aromatic rings. The second kappa shape index (κ2) is 10.0. The summed E-state index contributed by atoms with van der Waals surface area (Å²) in [6, 6.07) is 46.2. The maximum Gasteiger partial charge on any atom is 0.146 e. The number of hydrogen-bond donors (Lipinski definition) is 0. The summed E-state index contributed by atoms with van der Waals surface area (Å²) in [7, 11) is 0. The number of halogens is 2. The number of aromatic nitrogens is 4. The van der Waals surface area contributed by atoms with Crippen LogP contribution in [-0.4, -0.2) is 18.9 Å². The lowest BCUT2D eigenvalue weighted by Gasteiger charge is -2.15. The molecule has 0 unspecified atom stereocenters. The lowest BCUT2D eigenvalue weighted by molar-refractivity contribution is 0.628. The van der Waals surface area contributed by atoms with Crippen LogP contribution in [0.25, 0.3) is 88.4 Å². The van der Waals surface area contributed by atoms with Crippen LogP contribution < -0.4 is 0 Å². The molecule has 0 bridgehead atoms. The predicted octanol–water partition coefficient (Wildman–Crippen LogP) is 10.9. The van der Waals surface area contributed by atoms with Crippen LogP contribution in [-0.2, 0) is 0 Å². The average Bonchev–Trinajstić information content (AvgIpc) is 3.68. The van der Waals surface area contributed by atoms with Crippen molar-refractivity contribution >= 4 is 60.2 Å². The molecule has 0 aliphatic rings. The molecule has 6 heteroatoms. The summed E-state index contributed by atoms with van der Waals surface area (Å²) in [4.78, 5) is 10.3. The summed E-state index contributed by atoms with van der Waals surface area (Å²) in [5, 5.41) is 5.36. The highest BCUT2D eigenvalue weighted by Gasteiger charge is 2.22. The molecule has 0 saturated heterocycles. The van der Waals surface area contributed by atoms with Gasteiger partial charge in [0.1, 0.15) is 23.1 Å². The van der Waals surface area contributed by atoms with Crippen molar-refractivity contribution in [2.45, 2.75) is 0 Å². The van der Waals surface area contributed by atoms with Gasteiger partial charge in [0.05, 0.1) is 33.3 Å². The van der Waals surface area contributed by atoms with Crippen molar-refractivity contribution in [1.29, 1.82) is 0 Å². The van der Waals surface area contributed by atoms with E-state index in [1.165, 1.54) is 24.3 Å². The minimum atomic E-state index is -0.349. The fourth-order valence-corrected chi connectivity index (χ4v) is 7.34. The van der Waals surface area contributed by atoms with Crippen LogP contribution >= 0.6 is 0 Å². The summed E-state index contributed by atoms with van der Waals surface area (Å²) >= 11 is 0. The van der Waals surface area contributed by atoms with Crippen LogP contribution in [0.3, 0.4) is 0 Å². The molecule has 6 aromatic carbocycles. The van der Waals surface area contributed by atoms with Gasteiger partial charge in [0, 0.05) is 27.1 Å². The van der Waals surface area contributed by atoms with E-state index in [1.807, 2.05) is 48.5 Å². The molecule has 0 radical (unpaired) electrons. The standard InChI is InChI=1S/C42H24F2N4/c43-28-11-7-9-25(21-28)27-23-35(26-10-8-12-29(44)22-26)45-39(24-27)48-36-17-5-3-13-30(36)32-19-20-38-40(41(32)48)31-14-1-2-15-33(31)42-46-34-16-4-6-18-37(34)47(38)42/h1-24H. The first-order valence-corrected chi connectivity index (χ1v) is 15.8. The largest absolute Gasteiger partial charge is 0.293 e. The zero-order valence-electron chi connectivity index (χ0n) is 25.4. The van der Waals surface area contributed by atoms with Crippen molar-refractivity contribution in [3.8, 4) is 28.2 Å². The first-order valence-electron chi connectivity index (χ1n) is 15.8. The van der Waals surface area contributed by atoms with Gasteiger partial charge >= 0.3 is 0 Å². The first kappa shape index (κ1) is 26.8. The molecule has 0 saturated carbocycles. The highest BCUT2D eigenvalue weighted by atomic mass is 19.1. The Kier molecular flexibility index (Phi) is 5.61. The Hall–Kier alpha value is -6.40. The molecule has 4 aromatic heterocycles. The van der Waals surface area contributed by atoms with E-state index < -0.39 is 0 Å². The van der Waals surface area contributed by atoms with Gasteiger partial charge in [-0.3, -0.25) is 8.97 Å². The van der Waals surface area contributed by atoms with Crippen LogP contribution in [0.5, 0.6) is 0 Å². The highest BCUT2D eigenvalue weighted by Crippen LogP contribution is 2.42. The molecular formula is C42H24F2N4. The molecule has 4 heterocycles. The monoisotopic (exact) mass is 622 g/mol. The van der Waals surface area contributed by atoms with Gasteiger partial charge in [0.15, 0.2) is 0 Å². The fraction of sp³-hybridized carbons (Fsp3) is 0. The Balaban J connectivity index is 1.41. The van der Waals surface area contributed by atoms with Crippen molar-refractivity contribution in [1.82, 2.24) is 18.9 Å². The summed E-state index contributed by atoms with van der Waals surface area (Å²) in [5.74, 6) is -0.0311. The quantitative estimate of drug-likeness (QED) is 0.184. The third-order valence-corrected chi connectivity index (χ3v) is 9.37. The van der Waals surface area contributed by atoms with E-state index in [9.17, 15) is 8.78 Å². The van der Waals surface area contributed by atoms with Gasteiger partial charge in [-0.05, 0) is 77.2 Å². The van der Waals surface area contributed by atoms with E-state index in [4.69, 9.17) is 9.97 Å². The molecule has 4 nitrogen and oxygen atoms in total. The Labute approximate surface area is 272 Å². The van der Waals surface area contributed by atoms with Gasteiger partial charge < -0.3 is 0 Å². The lowest BCUT2D eigenvalue weighted by Crippen LogP contribution is -2.01. The second-order valence-corrected chi connectivity index (χ2v) is 12.1. The summed E-state index contributed by atoms with van der Waals surface area (Å²) < 4.78 is 33.6. The zero-order chi connectivity index (χ0) is 31.9. The first-order chi connectivity index (χ1) is 23.6. The van der Waals surface area contributed by atoms with Gasteiger partial charge in [-0.15, -0.1) is 0 Å². The second-order valence-electron chi connectivity index (χ2n) is 12.1. The maximum absolute atomic E-state index is 14.6. The number of fused-ring (bicyclic) bond motifs is 12. The molecule has 10 rings (SSSR count). The molecule has 0 aliphatic heterocycles. The summed E-state index contributed by atoms with van der Waals surface area (Å²) in [6.45, 7) is 0. The van der Waals surface area contributed by atoms with E-state index in [0.29, 0.717) is 22.6 Å². The molecule has 0 N–H and O–H groups in total. The number of hydrogen-bond acceptors (Lipinski definition) is 2. The average molecular weight is 623 g/mol. The van der Waals surface area contributed by atoms with Crippen molar-refractivity contribution in [2.75, 3.05) is 0 Å². The van der Waals surface area contributed by atoms with E-state index >= 15 is 0 Å². The van der Waals surface area contributed by atoms with Gasteiger partial charge in [0.25, 0.3) is 0 Å². The number of nitrogens with zero attached hydrogens (tertiary/aromatic N) is 4. The normalized spacial score (nSPS) is 12.0. The molecule has 0 spiro atoms. The van der Waals surface area contributed by atoms with Gasteiger partial charge in [-0.2, -0.15) is 0 Å². The topological polar surface area (TPSA) is 35.1 Å². The van der Waals surface area contributed by atoms with E-state index in [-0.39, 0.29) is 11.6 Å². The fourth-order valence-electron chi connectivity index (χ4n) is 7.34. The van der Waals surface area contributed by atoms with Crippen molar-refractivity contribution in [3.63, 3.8) is 0 Å². The van der Waals surface area contributed by atoms with Gasteiger partial charge in [-0.1, -0.05) is 84.9 Å². The van der Waals surface area contributed by atoms with Crippen LogP contribution in [0.4, 0.5) is 8.78 Å². The van der Waals surface area contributed by atoms with Gasteiger partial charge in [-0.25, -0.2) is 18.7 Å². The van der Waals surface area contributed by atoms with Crippen molar-refractivity contribution in [3.05, 3.63) is 157 Å². The van der Waals surface area contributed by atoms with Gasteiger partial charge in [0.2, 0.25) is 0 Å². The van der Waals surface area contributed by atoms with Crippen LogP contribution in [0.15, 0.2) is 146 Å². The highest BCUT2D eigenvalue weighted by molar-refractivity contribution is 6.27. The van der Waals surface area contributed by atoms with Crippen LogP contribution in [0.1, 0.15) is 0 Å². The number of rotatable bonds is 3. The Morgan fingerprint density at radius 1 is 0.458 bits per heavy atom. The number of benzene rings is 6. The Morgan fingerprint density at radius 2 is 1.15 bits per heavy atom. The molecule has 48 heavy (non-hydrogen) atoms. The third kappa shape index (κ3) is 3.86. The lowest BCUT2D eigenvalue weighted by atomic mass is 10.0. The molecule has 0 atom stereocenters. The SMILES string of the molecule is Fc1cccc(-c2cc(-c3cccc(F)c3)nc(-n3c4ccccc4c4ccc5c(c6ccccc6c6nc7ccccc7n56)c43)c2)c1. The van der Waals surface area contributed by atoms with E-state index in [1.54, 1.807) is 12.1 Å². The minimum absolute atomic E-state index is 0.330. The Bertz CT molecular complexity index is 2870. The van der Waals surface area contributed by atoms with Crippen molar-refractivity contribution in [2.24, 2.45) is 0 Å².